The molecule has 1 unspecified atom stereocenters. The van der Waals surface area contributed by atoms with Crippen LogP contribution in [0.2, 0.25) is 0 Å². The number of hydrogen-bond donors (Lipinski definition) is 0. The van der Waals surface area contributed by atoms with E-state index < -0.39 is 0 Å². The van der Waals surface area contributed by atoms with E-state index in [4.69, 9.17) is 0 Å². The van der Waals surface area contributed by atoms with E-state index in [2.05, 4.69) is 67.1 Å². The summed E-state index contributed by atoms with van der Waals surface area (Å²) >= 11 is 0. The van der Waals surface area contributed by atoms with Crippen molar-refractivity contribution in [2.75, 3.05) is 0 Å². The number of benzene rings is 2. The van der Waals surface area contributed by atoms with Crippen LogP contribution in [0.1, 0.15) is 19.3 Å². The molecule has 3 rings (SSSR count). The summed E-state index contributed by atoms with van der Waals surface area (Å²) in [4.78, 5) is 0. The van der Waals surface area contributed by atoms with Gasteiger partial charge in [0.05, 0.1) is 0 Å². The Morgan fingerprint density at radius 3 is 1.75 bits per heavy atom. The van der Waals surface area contributed by atoms with E-state index in [1.54, 1.807) is 0 Å². The topological polar surface area (TPSA) is 0 Å². The smallest absolute Gasteiger partial charge is 0.358 e. The summed E-state index contributed by atoms with van der Waals surface area (Å²) in [6.45, 7) is 0. The van der Waals surface area contributed by atoms with Crippen molar-refractivity contribution in [3.63, 3.8) is 0 Å². The van der Waals surface area contributed by atoms with Crippen LogP contribution in [0, 0.1) is 13.8 Å². The molecule has 106 valence electrons. The van der Waals surface area contributed by atoms with Crippen LogP contribution in [-0.4, -0.2) is 5.66 Å². The van der Waals surface area contributed by atoms with Crippen LogP contribution in [0.5, 0.6) is 0 Å². The second kappa shape index (κ2) is 8.63. The third-order valence-electron chi connectivity index (χ3n) is 3.54. The van der Waals surface area contributed by atoms with Gasteiger partial charge in [0.1, 0.15) is 0 Å². The minimum absolute atomic E-state index is 0. The van der Waals surface area contributed by atoms with Crippen molar-refractivity contribution < 1.29 is 17.1 Å². The first-order valence-corrected chi connectivity index (χ1v) is 8.09. The summed E-state index contributed by atoms with van der Waals surface area (Å²) in [5.41, 5.74) is 0.768. The van der Waals surface area contributed by atoms with Crippen molar-refractivity contribution >= 4 is 18.5 Å². The van der Waals surface area contributed by atoms with E-state index in [0.717, 1.165) is 5.66 Å². The minimum atomic E-state index is -0.208. The van der Waals surface area contributed by atoms with Gasteiger partial charge in [-0.1, -0.05) is 81.4 Å². The molecule has 0 bridgehead atoms. The Labute approximate surface area is 135 Å². The molecule has 1 aliphatic carbocycles. The van der Waals surface area contributed by atoms with Gasteiger partial charge in [0, 0.05) is 0 Å². The van der Waals surface area contributed by atoms with Crippen LogP contribution in [0.25, 0.3) is 0 Å². The molecule has 0 spiro atoms. The molecule has 1 aliphatic rings. The summed E-state index contributed by atoms with van der Waals surface area (Å²) in [5.74, 6) is 0. The van der Waals surface area contributed by atoms with E-state index in [9.17, 15) is 0 Å². The SMILES string of the molecule is [CH3-].[Fe+2].c1ccc(P(c2ccccc2)C2[CH-]CCC2)cc1. The van der Waals surface area contributed by atoms with Crippen LogP contribution in [0.4, 0.5) is 0 Å². The van der Waals surface area contributed by atoms with Gasteiger partial charge in [-0.05, 0) is 10.6 Å². The van der Waals surface area contributed by atoms with Crippen LogP contribution in [0.3, 0.4) is 0 Å². The van der Waals surface area contributed by atoms with Crippen molar-refractivity contribution in [2.24, 2.45) is 0 Å². The Kier molecular flexibility index (Phi) is 7.52. The maximum atomic E-state index is 2.55. The van der Waals surface area contributed by atoms with Gasteiger partial charge in [-0.2, -0.15) is 6.42 Å². The fourth-order valence-electron chi connectivity index (χ4n) is 2.70. The van der Waals surface area contributed by atoms with E-state index in [1.807, 2.05) is 0 Å². The third-order valence-corrected chi connectivity index (χ3v) is 6.38. The zero-order chi connectivity index (χ0) is 12.2. The molecule has 0 N–H and O–H groups in total. The predicted molar refractivity (Wildman–Crippen MR) is 87.4 cm³/mol. The van der Waals surface area contributed by atoms with E-state index in [1.165, 1.54) is 29.9 Å². The Morgan fingerprint density at radius 1 is 0.850 bits per heavy atom. The fourth-order valence-corrected chi connectivity index (χ4v) is 5.55. The monoisotopic (exact) mass is 324 g/mol. The molecular formula is C18H21FeP. The molecule has 0 saturated heterocycles. The maximum absolute atomic E-state index is 2.55. The summed E-state index contributed by atoms with van der Waals surface area (Å²) in [6.07, 6.45) is 6.56. The van der Waals surface area contributed by atoms with Gasteiger partial charge < -0.3 is 13.8 Å². The van der Waals surface area contributed by atoms with Gasteiger partial charge in [-0.25, -0.2) is 0 Å². The van der Waals surface area contributed by atoms with Gasteiger partial charge in [-0.3, -0.25) is 0 Å². The Morgan fingerprint density at radius 2 is 1.35 bits per heavy atom. The van der Waals surface area contributed by atoms with Gasteiger partial charge in [0.15, 0.2) is 0 Å². The second-order valence-corrected chi connectivity index (χ2v) is 7.21. The fraction of sp³-hybridized carbons (Fsp3) is 0.222. The normalized spacial score (nSPS) is 17.4. The second-order valence-electron chi connectivity index (χ2n) is 4.78. The first-order valence-electron chi connectivity index (χ1n) is 6.68. The molecule has 1 saturated carbocycles. The van der Waals surface area contributed by atoms with Crippen molar-refractivity contribution in [3.8, 4) is 0 Å². The largest absolute Gasteiger partial charge is 2.00 e. The average molecular weight is 324 g/mol. The summed E-state index contributed by atoms with van der Waals surface area (Å²) in [7, 11) is -0.208. The van der Waals surface area contributed by atoms with Gasteiger partial charge in [-0.15, -0.1) is 5.66 Å². The Bertz CT molecular complexity index is 438. The number of hydrogen-bond acceptors (Lipinski definition) is 0. The molecule has 0 aromatic heterocycles. The van der Waals surface area contributed by atoms with Crippen molar-refractivity contribution in [1.82, 2.24) is 0 Å². The molecule has 2 heteroatoms. The molecule has 2 aromatic rings. The molecule has 1 fully saturated rings. The summed E-state index contributed by atoms with van der Waals surface area (Å²) in [6, 6.07) is 22.1. The summed E-state index contributed by atoms with van der Waals surface area (Å²) < 4.78 is 0. The summed E-state index contributed by atoms with van der Waals surface area (Å²) in [5, 5.41) is 3.03. The molecule has 0 aliphatic heterocycles. The van der Waals surface area contributed by atoms with E-state index in [0.29, 0.717) is 0 Å². The molecule has 0 nitrogen and oxygen atoms in total. The third kappa shape index (κ3) is 3.95. The van der Waals surface area contributed by atoms with Crippen molar-refractivity contribution in [3.05, 3.63) is 74.5 Å². The molecule has 2 aromatic carbocycles. The van der Waals surface area contributed by atoms with Gasteiger partial charge in [0.25, 0.3) is 0 Å². The molecular weight excluding hydrogens is 303 g/mol. The van der Waals surface area contributed by atoms with Crippen LogP contribution in [0.15, 0.2) is 60.7 Å². The first-order chi connectivity index (χ1) is 8.95. The molecule has 1 atom stereocenters. The van der Waals surface area contributed by atoms with Crippen LogP contribution in [-0.2, 0) is 17.1 Å². The zero-order valence-corrected chi connectivity index (χ0v) is 13.8. The van der Waals surface area contributed by atoms with Crippen LogP contribution < -0.4 is 10.6 Å². The molecule has 0 heterocycles. The van der Waals surface area contributed by atoms with Crippen LogP contribution >= 0.6 is 7.92 Å². The van der Waals surface area contributed by atoms with Gasteiger partial charge in [0.2, 0.25) is 0 Å². The Hall–Kier alpha value is -0.611. The quantitative estimate of drug-likeness (QED) is 0.448. The van der Waals surface area contributed by atoms with E-state index >= 15 is 0 Å². The first kappa shape index (κ1) is 17.4. The van der Waals surface area contributed by atoms with E-state index in [-0.39, 0.29) is 32.4 Å². The standard InChI is InChI=1S/C17H18P.CH3.Fe/c1-3-9-15(10-4-1)18(17-13-7-8-14-17)16-11-5-2-6-12-16;;/h1-6,9-13,17H,7-8,14H2;1H3;/q2*-1;+2. The molecule has 0 radical (unpaired) electrons. The van der Waals surface area contributed by atoms with Gasteiger partial charge >= 0.3 is 17.1 Å². The Balaban J connectivity index is 0.000001000. The average Bonchev–Trinajstić information content (AvgIpc) is 2.95. The maximum Gasteiger partial charge on any atom is 2.00 e. The van der Waals surface area contributed by atoms with Crippen molar-refractivity contribution in [2.45, 2.75) is 24.9 Å². The number of rotatable bonds is 3. The predicted octanol–water partition coefficient (Wildman–Crippen LogP) is 4.32. The molecule has 0 amide bonds. The zero-order valence-electron chi connectivity index (χ0n) is 11.9. The molecule has 20 heavy (non-hydrogen) atoms. The van der Waals surface area contributed by atoms with Crippen molar-refractivity contribution in [1.29, 1.82) is 0 Å². The minimum Gasteiger partial charge on any atom is -0.358 e.